The maximum atomic E-state index is 12.5. The van der Waals surface area contributed by atoms with Gasteiger partial charge in [-0.05, 0) is 42.0 Å². The first kappa shape index (κ1) is 20.6. The van der Waals surface area contributed by atoms with Gasteiger partial charge in [0.05, 0.1) is 17.3 Å². The Morgan fingerprint density at radius 1 is 0.968 bits per heavy atom. The fourth-order valence-electron chi connectivity index (χ4n) is 3.20. The van der Waals surface area contributed by atoms with Crippen molar-refractivity contribution in [3.05, 3.63) is 84.4 Å². The lowest BCUT2D eigenvalue weighted by Crippen LogP contribution is -2.45. The molecule has 0 fully saturated rings. The van der Waals surface area contributed by atoms with E-state index in [2.05, 4.69) is 15.6 Å². The maximum Gasteiger partial charge on any atom is 0.328 e. The third-order valence-corrected chi connectivity index (χ3v) is 5.84. The van der Waals surface area contributed by atoms with E-state index in [0.717, 1.165) is 26.4 Å². The Hall–Kier alpha value is -3.71. The minimum absolute atomic E-state index is 0.345. The summed E-state index contributed by atoms with van der Waals surface area (Å²) in [5, 5.41) is 6.38. The first-order valence-electron chi connectivity index (χ1n) is 9.77. The van der Waals surface area contributed by atoms with Gasteiger partial charge in [-0.15, -0.1) is 11.3 Å². The van der Waals surface area contributed by atoms with Gasteiger partial charge in [0.25, 0.3) is 0 Å². The average molecular weight is 432 g/mol. The van der Waals surface area contributed by atoms with Crippen LogP contribution in [0.2, 0.25) is 0 Å². The maximum absolute atomic E-state index is 12.5. The highest BCUT2D eigenvalue weighted by Gasteiger charge is 2.22. The van der Waals surface area contributed by atoms with Gasteiger partial charge in [-0.1, -0.05) is 42.5 Å². The number of fused-ring (bicyclic) bond motifs is 1. The summed E-state index contributed by atoms with van der Waals surface area (Å²) in [5.41, 5.74) is 3.49. The largest absolute Gasteiger partial charge is 0.467 e. The predicted octanol–water partition coefficient (Wildman–Crippen LogP) is 4.87. The number of methoxy groups -OCH3 is 1. The van der Waals surface area contributed by atoms with Gasteiger partial charge in [0.15, 0.2) is 0 Å². The molecule has 0 saturated carbocycles. The van der Waals surface area contributed by atoms with E-state index in [9.17, 15) is 9.59 Å². The topological polar surface area (TPSA) is 80.3 Å². The number of amides is 2. The highest BCUT2D eigenvalue weighted by Crippen LogP contribution is 2.30. The Bertz CT molecular complexity index is 1160. The molecule has 4 rings (SSSR count). The quantitative estimate of drug-likeness (QED) is 0.427. The van der Waals surface area contributed by atoms with Gasteiger partial charge >= 0.3 is 12.0 Å². The Balaban J connectivity index is 1.41. The summed E-state index contributed by atoms with van der Waals surface area (Å²) in [4.78, 5) is 29.2. The zero-order valence-electron chi connectivity index (χ0n) is 16.9. The standard InChI is InChI=1S/C24H21N3O3S/c1-30-23(28)20(15-16-7-3-2-4-8-16)27-24(29)25-18-13-11-17(12-14-18)22-26-19-9-5-6-10-21(19)31-22/h2-14,20H,15H2,1H3,(H2,25,27,29). The molecule has 1 heterocycles. The van der Waals surface area contributed by atoms with Gasteiger partial charge in [0, 0.05) is 17.7 Å². The third kappa shape index (κ3) is 5.07. The highest BCUT2D eigenvalue weighted by atomic mass is 32.1. The van der Waals surface area contributed by atoms with Gasteiger partial charge in [0.1, 0.15) is 11.0 Å². The second-order valence-corrected chi connectivity index (χ2v) is 7.96. The van der Waals surface area contributed by atoms with Gasteiger partial charge in [0.2, 0.25) is 0 Å². The predicted molar refractivity (Wildman–Crippen MR) is 123 cm³/mol. The van der Waals surface area contributed by atoms with Crippen LogP contribution in [0.4, 0.5) is 10.5 Å². The van der Waals surface area contributed by atoms with Crippen LogP contribution >= 0.6 is 11.3 Å². The molecule has 0 spiro atoms. The van der Waals surface area contributed by atoms with Crippen molar-refractivity contribution in [1.82, 2.24) is 10.3 Å². The van der Waals surface area contributed by atoms with Crippen LogP contribution in [0.5, 0.6) is 0 Å². The second kappa shape index (κ2) is 9.40. The zero-order valence-corrected chi connectivity index (χ0v) is 17.7. The van der Waals surface area contributed by atoms with E-state index in [1.165, 1.54) is 7.11 Å². The molecule has 0 aliphatic heterocycles. The van der Waals surface area contributed by atoms with Gasteiger partial charge < -0.3 is 15.4 Å². The normalized spacial score (nSPS) is 11.6. The van der Waals surface area contributed by atoms with Crippen LogP contribution in [0, 0.1) is 0 Å². The molecule has 0 aliphatic rings. The summed E-state index contributed by atoms with van der Waals surface area (Å²) in [5.74, 6) is -0.495. The summed E-state index contributed by atoms with van der Waals surface area (Å²) in [6, 6.07) is 23.7. The van der Waals surface area contributed by atoms with Crippen molar-refractivity contribution in [3.63, 3.8) is 0 Å². The lowest BCUT2D eigenvalue weighted by Gasteiger charge is -2.17. The Kier molecular flexibility index (Phi) is 6.24. The second-order valence-electron chi connectivity index (χ2n) is 6.93. The number of nitrogens with zero attached hydrogens (tertiary/aromatic N) is 1. The highest BCUT2D eigenvalue weighted by molar-refractivity contribution is 7.21. The lowest BCUT2D eigenvalue weighted by atomic mass is 10.1. The number of esters is 1. The molecule has 156 valence electrons. The molecule has 1 aromatic heterocycles. The minimum Gasteiger partial charge on any atom is -0.467 e. The van der Waals surface area contributed by atoms with E-state index in [1.807, 2.05) is 78.9 Å². The number of benzene rings is 3. The number of ether oxygens (including phenoxy) is 1. The van der Waals surface area contributed by atoms with Gasteiger partial charge in [-0.2, -0.15) is 0 Å². The Morgan fingerprint density at radius 2 is 1.68 bits per heavy atom. The molecule has 0 radical (unpaired) electrons. The fourth-order valence-corrected chi connectivity index (χ4v) is 4.17. The molecule has 0 bridgehead atoms. The van der Waals surface area contributed by atoms with E-state index in [4.69, 9.17) is 4.74 Å². The number of carbonyl (C=O) groups is 2. The summed E-state index contributed by atoms with van der Waals surface area (Å²) in [6.45, 7) is 0. The number of aromatic nitrogens is 1. The molecule has 0 aliphatic carbocycles. The molecule has 1 unspecified atom stereocenters. The first-order chi connectivity index (χ1) is 15.1. The van der Waals surface area contributed by atoms with E-state index in [0.29, 0.717) is 12.1 Å². The van der Waals surface area contributed by atoms with Gasteiger partial charge in [-0.3, -0.25) is 0 Å². The van der Waals surface area contributed by atoms with Crippen molar-refractivity contribution < 1.29 is 14.3 Å². The number of nitrogens with one attached hydrogen (secondary N) is 2. The van der Waals surface area contributed by atoms with Crippen molar-refractivity contribution in [2.45, 2.75) is 12.5 Å². The van der Waals surface area contributed by atoms with Crippen LogP contribution in [-0.2, 0) is 16.0 Å². The number of anilines is 1. The minimum atomic E-state index is -0.783. The SMILES string of the molecule is COC(=O)C(Cc1ccccc1)NC(=O)Nc1ccc(-c2nc3ccccc3s2)cc1. The molecule has 7 heteroatoms. The molecule has 2 amide bonds. The van der Waals surface area contributed by atoms with Crippen molar-refractivity contribution in [2.75, 3.05) is 12.4 Å². The fraction of sp³-hybridized carbons (Fsp3) is 0.125. The molecular weight excluding hydrogens is 410 g/mol. The number of urea groups is 1. The summed E-state index contributed by atoms with van der Waals surface area (Å²) < 4.78 is 5.97. The van der Waals surface area contributed by atoms with E-state index < -0.39 is 18.0 Å². The smallest absolute Gasteiger partial charge is 0.328 e. The van der Waals surface area contributed by atoms with Crippen LogP contribution in [-0.4, -0.2) is 30.1 Å². The summed E-state index contributed by atoms with van der Waals surface area (Å²) in [6.07, 6.45) is 0.345. The number of para-hydroxylation sites is 1. The molecule has 2 N–H and O–H groups in total. The van der Waals surface area contributed by atoms with Gasteiger partial charge in [-0.25, -0.2) is 14.6 Å². The first-order valence-corrected chi connectivity index (χ1v) is 10.6. The zero-order chi connectivity index (χ0) is 21.6. The molecular formula is C24H21N3O3S. The Morgan fingerprint density at radius 3 is 2.39 bits per heavy atom. The molecule has 6 nitrogen and oxygen atoms in total. The molecule has 3 aromatic carbocycles. The van der Waals surface area contributed by atoms with E-state index in [-0.39, 0.29) is 0 Å². The number of rotatable bonds is 6. The van der Waals surface area contributed by atoms with Crippen molar-refractivity contribution in [3.8, 4) is 10.6 Å². The van der Waals surface area contributed by atoms with Crippen LogP contribution in [0.1, 0.15) is 5.56 Å². The van der Waals surface area contributed by atoms with Crippen LogP contribution in [0.15, 0.2) is 78.9 Å². The van der Waals surface area contributed by atoms with Crippen molar-refractivity contribution in [1.29, 1.82) is 0 Å². The number of hydrogen-bond donors (Lipinski definition) is 2. The van der Waals surface area contributed by atoms with Crippen molar-refractivity contribution >= 4 is 39.2 Å². The monoisotopic (exact) mass is 431 g/mol. The van der Waals surface area contributed by atoms with E-state index >= 15 is 0 Å². The Labute approximate surface area is 183 Å². The number of hydrogen-bond acceptors (Lipinski definition) is 5. The van der Waals surface area contributed by atoms with Crippen LogP contribution in [0.25, 0.3) is 20.8 Å². The van der Waals surface area contributed by atoms with Crippen LogP contribution < -0.4 is 10.6 Å². The number of carbonyl (C=O) groups excluding carboxylic acids is 2. The summed E-state index contributed by atoms with van der Waals surface area (Å²) >= 11 is 1.62. The molecule has 4 aromatic rings. The molecule has 1 atom stereocenters. The number of thiazole rings is 1. The lowest BCUT2D eigenvalue weighted by molar-refractivity contribution is -0.142. The molecule has 0 saturated heterocycles. The van der Waals surface area contributed by atoms with E-state index in [1.54, 1.807) is 11.3 Å². The molecule has 31 heavy (non-hydrogen) atoms. The van der Waals surface area contributed by atoms with Crippen LogP contribution in [0.3, 0.4) is 0 Å². The third-order valence-electron chi connectivity index (χ3n) is 4.76. The summed E-state index contributed by atoms with van der Waals surface area (Å²) in [7, 11) is 1.31. The van der Waals surface area contributed by atoms with Crippen molar-refractivity contribution in [2.24, 2.45) is 0 Å². The average Bonchev–Trinajstić information content (AvgIpc) is 3.23.